The molecule has 0 aliphatic carbocycles. The SMILES string of the molecule is NS(=O)(=O)Nc1cccc(C#CCO)c1. The zero-order chi connectivity index (χ0) is 11.3. The molecule has 0 aromatic heterocycles. The first-order valence-electron chi connectivity index (χ1n) is 4.01. The number of hydrogen-bond donors (Lipinski definition) is 3. The molecule has 0 radical (unpaired) electrons. The molecule has 0 spiro atoms. The van der Waals surface area contributed by atoms with Crippen LogP contribution in [-0.2, 0) is 10.2 Å². The zero-order valence-electron chi connectivity index (χ0n) is 7.77. The first-order valence-corrected chi connectivity index (χ1v) is 5.56. The number of nitrogens with one attached hydrogen (secondary N) is 1. The second-order valence-corrected chi connectivity index (χ2v) is 3.98. The van der Waals surface area contributed by atoms with Crippen LogP contribution in [0.4, 0.5) is 5.69 Å². The molecule has 1 aromatic carbocycles. The van der Waals surface area contributed by atoms with E-state index in [2.05, 4.69) is 16.6 Å². The molecule has 5 nitrogen and oxygen atoms in total. The highest BCUT2D eigenvalue weighted by Crippen LogP contribution is 2.10. The van der Waals surface area contributed by atoms with Crippen LogP contribution in [-0.4, -0.2) is 20.1 Å². The van der Waals surface area contributed by atoms with Crippen molar-refractivity contribution in [1.82, 2.24) is 0 Å². The van der Waals surface area contributed by atoms with Crippen molar-refractivity contribution < 1.29 is 13.5 Å². The normalized spacial score (nSPS) is 10.3. The molecular weight excluding hydrogens is 216 g/mol. The quantitative estimate of drug-likeness (QED) is 0.601. The predicted molar refractivity (Wildman–Crippen MR) is 57.1 cm³/mol. The molecule has 0 unspecified atom stereocenters. The van der Waals surface area contributed by atoms with Crippen LogP contribution in [0.5, 0.6) is 0 Å². The minimum Gasteiger partial charge on any atom is -0.384 e. The number of aliphatic hydroxyl groups excluding tert-OH is 1. The summed E-state index contributed by atoms with van der Waals surface area (Å²) in [6, 6.07) is 6.40. The molecule has 1 aromatic rings. The summed E-state index contributed by atoms with van der Waals surface area (Å²) in [6.07, 6.45) is 0. The maximum atomic E-state index is 10.7. The third-order valence-electron chi connectivity index (χ3n) is 1.43. The van der Waals surface area contributed by atoms with E-state index in [9.17, 15) is 8.42 Å². The van der Waals surface area contributed by atoms with E-state index in [1.807, 2.05) is 0 Å². The largest absolute Gasteiger partial charge is 0.384 e. The van der Waals surface area contributed by atoms with E-state index >= 15 is 0 Å². The number of benzene rings is 1. The monoisotopic (exact) mass is 226 g/mol. The predicted octanol–water partition coefficient (Wildman–Crippen LogP) is -0.354. The number of nitrogens with two attached hydrogens (primary N) is 1. The van der Waals surface area contributed by atoms with Gasteiger partial charge in [0.2, 0.25) is 0 Å². The number of rotatable bonds is 2. The minimum absolute atomic E-state index is 0.243. The van der Waals surface area contributed by atoms with Crippen molar-refractivity contribution in [2.24, 2.45) is 5.14 Å². The highest BCUT2D eigenvalue weighted by molar-refractivity contribution is 7.90. The lowest BCUT2D eigenvalue weighted by atomic mass is 10.2. The lowest BCUT2D eigenvalue weighted by Gasteiger charge is -2.02. The third-order valence-corrected chi connectivity index (χ3v) is 1.95. The topological polar surface area (TPSA) is 92.4 Å². The van der Waals surface area contributed by atoms with Gasteiger partial charge < -0.3 is 5.11 Å². The van der Waals surface area contributed by atoms with Gasteiger partial charge >= 0.3 is 0 Å². The molecular formula is C9H10N2O3S. The Hall–Kier alpha value is -1.55. The maximum absolute atomic E-state index is 10.7. The summed E-state index contributed by atoms with van der Waals surface area (Å²) in [4.78, 5) is 0. The second kappa shape index (κ2) is 4.79. The fourth-order valence-electron chi connectivity index (χ4n) is 0.966. The first kappa shape index (κ1) is 11.5. The fourth-order valence-corrected chi connectivity index (χ4v) is 1.42. The van der Waals surface area contributed by atoms with Crippen molar-refractivity contribution in [2.75, 3.05) is 11.3 Å². The van der Waals surface area contributed by atoms with E-state index in [4.69, 9.17) is 10.2 Å². The van der Waals surface area contributed by atoms with E-state index in [0.29, 0.717) is 11.3 Å². The van der Waals surface area contributed by atoms with Crippen molar-refractivity contribution in [3.63, 3.8) is 0 Å². The van der Waals surface area contributed by atoms with E-state index in [1.165, 1.54) is 6.07 Å². The summed E-state index contributed by atoms with van der Waals surface area (Å²) in [7, 11) is -3.76. The average molecular weight is 226 g/mol. The van der Waals surface area contributed by atoms with Crippen LogP contribution in [0.25, 0.3) is 0 Å². The molecule has 0 saturated heterocycles. The van der Waals surface area contributed by atoms with E-state index in [-0.39, 0.29) is 6.61 Å². The number of aliphatic hydroxyl groups is 1. The highest BCUT2D eigenvalue weighted by atomic mass is 32.2. The minimum atomic E-state index is -3.76. The Balaban J connectivity index is 2.93. The van der Waals surface area contributed by atoms with Crippen molar-refractivity contribution in [3.8, 4) is 11.8 Å². The van der Waals surface area contributed by atoms with Crippen LogP contribution < -0.4 is 9.86 Å². The van der Waals surface area contributed by atoms with Crippen molar-refractivity contribution in [3.05, 3.63) is 29.8 Å². The Morgan fingerprint density at radius 1 is 1.47 bits per heavy atom. The van der Waals surface area contributed by atoms with Crippen molar-refractivity contribution >= 4 is 15.9 Å². The molecule has 6 heteroatoms. The van der Waals surface area contributed by atoms with E-state index in [0.717, 1.165) is 0 Å². The van der Waals surface area contributed by atoms with Crippen LogP contribution in [0.3, 0.4) is 0 Å². The Morgan fingerprint density at radius 2 is 2.20 bits per heavy atom. The van der Waals surface area contributed by atoms with Crippen LogP contribution in [0.15, 0.2) is 24.3 Å². The zero-order valence-corrected chi connectivity index (χ0v) is 8.58. The molecule has 0 aliphatic heterocycles. The van der Waals surface area contributed by atoms with Gasteiger partial charge in [0.25, 0.3) is 10.2 Å². The molecule has 4 N–H and O–H groups in total. The summed E-state index contributed by atoms with van der Waals surface area (Å²) in [5.41, 5.74) is 0.930. The number of anilines is 1. The van der Waals surface area contributed by atoms with Crippen LogP contribution in [0.2, 0.25) is 0 Å². The van der Waals surface area contributed by atoms with Gasteiger partial charge in [-0.05, 0) is 18.2 Å². The Kier molecular flexibility index (Phi) is 3.68. The highest BCUT2D eigenvalue weighted by Gasteiger charge is 2.01. The third kappa shape index (κ3) is 4.46. The lowest BCUT2D eigenvalue weighted by Crippen LogP contribution is -2.21. The van der Waals surface area contributed by atoms with Gasteiger partial charge in [-0.2, -0.15) is 8.42 Å². The molecule has 0 aliphatic rings. The van der Waals surface area contributed by atoms with Gasteiger partial charge in [-0.3, -0.25) is 4.72 Å². The summed E-state index contributed by atoms with van der Waals surface area (Å²) < 4.78 is 23.6. The van der Waals surface area contributed by atoms with Gasteiger partial charge in [-0.1, -0.05) is 17.9 Å². The second-order valence-electron chi connectivity index (χ2n) is 2.69. The smallest absolute Gasteiger partial charge is 0.296 e. The van der Waals surface area contributed by atoms with Crippen molar-refractivity contribution in [2.45, 2.75) is 0 Å². The van der Waals surface area contributed by atoms with Gasteiger partial charge in [0, 0.05) is 5.56 Å². The molecule has 0 fully saturated rings. The summed E-state index contributed by atoms with van der Waals surface area (Å²) in [5.74, 6) is 5.10. The fraction of sp³-hybridized carbons (Fsp3) is 0.111. The molecule has 0 atom stereocenters. The van der Waals surface area contributed by atoms with Gasteiger partial charge in [0.15, 0.2) is 0 Å². The maximum Gasteiger partial charge on any atom is 0.296 e. The van der Waals surface area contributed by atoms with Gasteiger partial charge in [0.05, 0.1) is 5.69 Å². The Labute approximate surface area is 88.1 Å². The summed E-state index contributed by atoms with van der Waals surface area (Å²) in [6.45, 7) is -0.243. The molecule has 15 heavy (non-hydrogen) atoms. The van der Waals surface area contributed by atoms with Crippen LogP contribution in [0, 0.1) is 11.8 Å². The standard InChI is InChI=1S/C9H10N2O3S/c10-15(13,14)11-9-5-1-3-8(7-9)4-2-6-12/h1,3,5,7,11-12H,6H2,(H2,10,13,14). The molecule has 80 valence electrons. The van der Waals surface area contributed by atoms with Crippen molar-refractivity contribution in [1.29, 1.82) is 0 Å². The molecule has 0 saturated carbocycles. The molecule has 0 heterocycles. The molecule has 0 amide bonds. The average Bonchev–Trinajstić information content (AvgIpc) is 2.12. The van der Waals surface area contributed by atoms with Gasteiger partial charge in [-0.25, -0.2) is 5.14 Å². The first-order chi connectivity index (χ1) is 7.01. The summed E-state index contributed by atoms with van der Waals surface area (Å²) >= 11 is 0. The Morgan fingerprint density at radius 3 is 2.80 bits per heavy atom. The molecule has 1 rings (SSSR count). The van der Waals surface area contributed by atoms with E-state index in [1.54, 1.807) is 18.2 Å². The van der Waals surface area contributed by atoms with Crippen LogP contribution in [0.1, 0.15) is 5.56 Å². The van der Waals surface area contributed by atoms with E-state index < -0.39 is 10.2 Å². The lowest BCUT2D eigenvalue weighted by molar-refractivity contribution is 0.350. The number of hydrogen-bond acceptors (Lipinski definition) is 3. The summed E-state index contributed by atoms with van der Waals surface area (Å²) in [5, 5.41) is 13.3. The Bertz CT molecular complexity index is 500. The van der Waals surface area contributed by atoms with Gasteiger partial charge in [-0.15, -0.1) is 0 Å². The molecule has 0 bridgehead atoms. The van der Waals surface area contributed by atoms with Crippen LogP contribution >= 0.6 is 0 Å². The van der Waals surface area contributed by atoms with Gasteiger partial charge in [0.1, 0.15) is 6.61 Å².